The molecule has 0 spiro atoms. The lowest BCUT2D eigenvalue weighted by atomic mass is 10.1. The molecule has 3 nitrogen and oxygen atoms in total. The number of halogens is 1. The normalized spacial score (nSPS) is 16.5. The van der Waals surface area contributed by atoms with E-state index in [1.165, 1.54) is 6.92 Å². The van der Waals surface area contributed by atoms with Crippen LogP contribution in [0.5, 0.6) is 0 Å². The van der Waals surface area contributed by atoms with E-state index in [2.05, 4.69) is 4.74 Å². The van der Waals surface area contributed by atoms with E-state index in [9.17, 15) is 4.79 Å². The van der Waals surface area contributed by atoms with Gasteiger partial charge in [-0.05, 0) is 6.92 Å². The minimum Gasteiger partial charge on any atom is -0.450 e. The lowest BCUT2D eigenvalue weighted by molar-refractivity contribution is 0.0167. The maximum Gasteiger partial charge on any atom is 0.507 e. The number of alkyl halides is 1. The molecular weight excluding hydrogens is 156 g/mol. The van der Waals surface area contributed by atoms with Gasteiger partial charge in [0.1, 0.15) is 0 Å². The molecule has 0 saturated carbocycles. The summed E-state index contributed by atoms with van der Waals surface area (Å²) in [5, 5.41) is 7.09. The summed E-state index contributed by atoms with van der Waals surface area (Å²) >= 11 is 5.66. The third kappa shape index (κ3) is 2.92. The van der Waals surface area contributed by atoms with Gasteiger partial charge in [-0.25, -0.2) is 4.79 Å². The van der Waals surface area contributed by atoms with Crippen molar-refractivity contribution in [2.45, 2.75) is 25.8 Å². The number of carboxylic acid groups (broad SMARTS) is 1. The van der Waals surface area contributed by atoms with Crippen LogP contribution < -0.4 is 0 Å². The first-order valence-electron chi connectivity index (χ1n) is 2.97. The van der Waals surface area contributed by atoms with Crippen LogP contribution in [-0.2, 0) is 4.74 Å². The van der Waals surface area contributed by atoms with Gasteiger partial charge in [0, 0.05) is 5.92 Å². The van der Waals surface area contributed by atoms with E-state index in [0.717, 1.165) is 0 Å². The molecular formula is C6H11ClO3. The highest BCUT2D eigenvalue weighted by atomic mass is 35.5. The van der Waals surface area contributed by atoms with Gasteiger partial charge >= 0.3 is 6.16 Å². The van der Waals surface area contributed by atoms with Gasteiger partial charge in [-0.15, -0.1) is 0 Å². The fourth-order valence-electron chi connectivity index (χ4n) is 0.289. The molecule has 60 valence electrons. The number of rotatable bonds is 2. The smallest absolute Gasteiger partial charge is 0.450 e. The number of carbonyl (C=O) groups is 1. The van der Waals surface area contributed by atoms with E-state index in [1.54, 1.807) is 13.8 Å². The Morgan fingerprint density at radius 1 is 1.70 bits per heavy atom. The van der Waals surface area contributed by atoms with Crippen LogP contribution in [0.15, 0.2) is 0 Å². The van der Waals surface area contributed by atoms with E-state index in [0.29, 0.717) is 0 Å². The van der Waals surface area contributed by atoms with E-state index in [1.807, 2.05) is 0 Å². The summed E-state index contributed by atoms with van der Waals surface area (Å²) in [7, 11) is 0. The zero-order chi connectivity index (χ0) is 8.36. The highest BCUT2D eigenvalue weighted by Gasteiger charge is 2.29. The molecule has 0 amide bonds. The van der Waals surface area contributed by atoms with Crippen LogP contribution in [0.25, 0.3) is 0 Å². The van der Waals surface area contributed by atoms with Crippen molar-refractivity contribution in [2.75, 3.05) is 0 Å². The lowest BCUT2D eigenvalue weighted by Gasteiger charge is -2.24. The molecule has 4 heteroatoms. The third-order valence-electron chi connectivity index (χ3n) is 1.32. The second kappa shape index (κ2) is 3.10. The van der Waals surface area contributed by atoms with E-state index >= 15 is 0 Å². The fourth-order valence-corrected chi connectivity index (χ4v) is 0.355. The van der Waals surface area contributed by atoms with Crippen LogP contribution >= 0.6 is 11.6 Å². The topological polar surface area (TPSA) is 46.5 Å². The maximum atomic E-state index is 10.0. The Bertz CT molecular complexity index is 131. The Balaban J connectivity index is 3.99. The zero-order valence-electron chi connectivity index (χ0n) is 6.22. The second-order valence-corrected chi connectivity index (χ2v) is 3.26. The Kier molecular flexibility index (Phi) is 2.96. The summed E-state index contributed by atoms with van der Waals surface area (Å²) in [6.07, 6.45) is -1.34. The summed E-state index contributed by atoms with van der Waals surface area (Å²) in [6.45, 7) is 5.10. The third-order valence-corrected chi connectivity index (χ3v) is 1.83. The Hall–Kier alpha value is -0.440. The van der Waals surface area contributed by atoms with Crippen molar-refractivity contribution >= 4 is 17.8 Å². The molecule has 0 aromatic rings. The molecule has 1 N–H and O–H groups in total. The first-order valence-corrected chi connectivity index (χ1v) is 3.35. The Morgan fingerprint density at radius 3 is 2.20 bits per heavy atom. The van der Waals surface area contributed by atoms with Gasteiger partial charge in [0.2, 0.25) is 0 Å². The zero-order valence-corrected chi connectivity index (χ0v) is 6.97. The molecule has 0 rings (SSSR count). The molecule has 0 fully saturated rings. The maximum absolute atomic E-state index is 10.0. The summed E-state index contributed by atoms with van der Waals surface area (Å²) in [5.41, 5.74) is 0. The van der Waals surface area contributed by atoms with Gasteiger partial charge in [0.25, 0.3) is 0 Å². The number of ether oxygens (including phenoxy) is 1. The summed E-state index contributed by atoms with van der Waals surface area (Å²) in [4.78, 5) is 10.0. The molecule has 10 heavy (non-hydrogen) atoms. The molecule has 1 atom stereocenters. The monoisotopic (exact) mass is 166 g/mol. The molecule has 0 heterocycles. The molecule has 0 bridgehead atoms. The van der Waals surface area contributed by atoms with Gasteiger partial charge in [0.05, 0.1) is 0 Å². The molecule has 0 aliphatic carbocycles. The van der Waals surface area contributed by atoms with Crippen LogP contribution in [0, 0.1) is 5.92 Å². The Labute approximate surface area is 64.9 Å². The second-order valence-electron chi connectivity index (χ2n) is 2.51. The van der Waals surface area contributed by atoms with Crippen molar-refractivity contribution in [3.63, 3.8) is 0 Å². The van der Waals surface area contributed by atoms with Crippen LogP contribution in [0.4, 0.5) is 4.79 Å². The highest BCUT2D eigenvalue weighted by Crippen LogP contribution is 2.25. The van der Waals surface area contributed by atoms with Gasteiger partial charge in [-0.2, -0.15) is 0 Å². The predicted octanol–water partition coefficient (Wildman–Crippen LogP) is 2.29. The van der Waals surface area contributed by atoms with Gasteiger partial charge < -0.3 is 9.84 Å². The van der Waals surface area contributed by atoms with Crippen molar-refractivity contribution in [3.05, 3.63) is 0 Å². The number of hydrogen-bond donors (Lipinski definition) is 1. The molecule has 0 aromatic heterocycles. The average Bonchev–Trinajstić information content (AvgIpc) is 1.60. The average molecular weight is 167 g/mol. The Morgan fingerprint density at radius 2 is 2.10 bits per heavy atom. The molecule has 0 saturated heterocycles. The first-order chi connectivity index (χ1) is 4.36. The summed E-state index contributed by atoms with van der Waals surface area (Å²) in [6, 6.07) is 0. The van der Waals surface area contributed by atoms with E-state index in [4.69, 9.17) is 16.7 Å². The van der Waals surface area contributed by atoms with Crippen molar-refractivity contribution in [3.8, 4) is 0 Å². The van der Waals surface area contributed by atoms with Crippen molar-refractivity contribution in [1.82, 2.24) is 0 Å². The number of hydrogen-bond acceptors (Lipinski definition) is 2. The highest BCUT2D eigenvalue weighted by molar-refractivity contribution is 6.23. The summed E-state index contributed by atoms with van der Waals surface area (Å²) < 4.78 is 4.38. The quantitative estimate of drug-likeness (QED) is 0.506. The van der Waals surface area contributed by atoms with Gasteiger partial charge in [0.15, 0.2) is 5.06 Å². The van der Waals surface area contributed by atoms with Crippen LogP contribution in [0.2, 0.25) is 0 Å². The van der Waals surface area contributed by atoms with E-state index in [-0.39, 0.29) is 5.92 Å². The van der Waals surface area contributed by atoms with Crippen LogP contribution in [-0.4, -0.2) is 16.3 Å². The fraction of sp³-hybridized carbons (Fsp3) is 0.833. The minimum atomic E-state index is -1.34. The molecule has 0 aliphatic heterocycles. The molecule has 0 aromatic carbocycles. The van der Waals surface area contributed by atoms with Gasteiger partial charge in [-0.3, -0.25) is 0 Å². The largest absolute Gasteiger partial charge is 0.507 e. The van der Waals surface area contributed by atoms with Gasteiger partial charge in [-0.1, -0.05) is 25.4 Å². The molecule has 0 aliphatic rings. The lowest BCUT2D eigenvalue weighted by Crippen LogP contribution is -2.30. The standard InChI is InChI=1S/C6H11ClO3/c1-4(2)6(3,7)10-5(8)9/h4H,1-3H3,(H,8,9). The van der Waals surface area contributed by atoms with Crippen molar-refractivity contribution < 1.29 is 14.6 Å². The summed E-state index contributed by atoms with van der Waals surface area (Å²) in [5.74, 6) is -0.0368. The molecule has 0 radical (unpaired) electrons. The predicted molar refractivity (Wildman–Crippen MR) is 38.2 cm³/mol. The minimum absolute atomic E-state index is 0.0368. The van der Waals surface area contributed by atoms with Crippen molar-refractivity contribution in [2.24, 2.45) is 5.92 Å². The molecule has 1 unspecified atom stereocenters. The van der Waals surface area contributed by atoms with Crippen molar-refractivity contribution in [1.29, 1.82) is 0 Å². The van der Waals surface area contributed by atoms with Crippen LogP contribution in [0.3, 0.4) is 0 Å². The van der Waals surface area contributed by atoms with Crippen LogP contribution in [0.1, 0.15) is 20.8 Å². The van der Waals surface area contributed by atoms with E-state index < -0.39 is 11.2 Å². The first kappa shape index (κ1) is 9.56. The SMILES string of the molecule is CC(C)C(C)(Cl)OC(=O)O.